The van der Waals surface area contributed by atoms with Crippen LogP contribution >= 0.6 is 0 Å². The van der Waals surface area contributed by atoms with Gasteiger partial charge in [-0.2, -0.15) is 5.10 Å². The Balaban J connectivity index is 1.57. The Labute approximate surface area is 157 Å². The molecule has 0 saturated carbocycles. The van der Waals surface area contributed by atoms with E-state index in [2.05, 4.69) is 10.2 Å². The van der Waals surface area contributed by atoms with Crippen LogP contribution in [0.25, 0.3) is 11.3 Å². The Bertz CT molecular complexity index is 968. The van der Waals surface area contributed by atoms with Gasteiger partial charge >= 0.3 is 0 Å². The Morgan fingerprint density at radius 3 is 2.85 bits per heavy atom. The maximum absolute atomic E-state index is 14.1. The first-order chi connectivity index (χ1) is 13.1. The average Bonchev–Trinajstić information content (AvgIpc) is 3.14. The summed E-state index contributed by atoms with van der Waals surface area (Å²) in [6.07, 6.45) is 3.46. The Kier molecular flexibility index (Phi) is 4.71. The molecule has 1 aromatic carbocycles. The van der Waals surface area contributed by atoms with Gasteiger partial charge in [0.05, 0.1) is 17.5 Å². The van der Waals surface area contributed by atoms with Crippen LogP contribution < -0.4 is 0 Å². The van der Waals surface area contributed by atoms with Crippen molar-refractivity contribution in [3.63, 3.8) is 0 Å². The Morgan fingerprint density at radius 2 is 2.07 bits per heavy atom. The van der Waals surface area contributed by atoms with Crippen molar-refractivity contribution in [2.24, 2.45) is 0 Å². The maximum Gasteiger partial charge on any atom is 0.257 e. The predicted molar refractivity (Wildman–Crippen MR) is 101 cm³/mol. The smallest absolute Gasteiger partial charge is 0.257 e. The quantitative estimate of drug-likeness (QED) is 0.766. The van der Waals surface area contributed by atoms with Crippen molar-refractivity contribution in [3.05, 3.63) is 71.4 Å². The number of hydrogen-bond donors (Lipinski definition) is 1. The van der Waals surface area contributed by atoms with E-state index in [1.807, 2.05) is 30.0 Å². The lowest BCUT2D eigenvalue weighted by molar-refractivity contribution is 0.0705. The fraction of sp³-hybridized carbons (Fsp3) is 0.286. The van der Waals surface area contributed by atoms with Crippen LogP contribution in [0, 0.1) is 12.7 Å². The number of carbonyl (C=O) groups is 1. The lowest BCUT2D eigenvalue weighted by atomic mass is 9.93. The number of aromatic amines is 1. The molecule has 1 atom stereocenters. The summed E-state index contributed by atoms with van der Waals surface area (Å²) in [6.45, 7) is 3.19. The van der Waals surface area contributed by atoms with Crippen LogP contribution in [0.5, 0.6) is 0 Å². The lowest BCUT2D eigenvalue weighted by Gasteiger charge is -2.32. The van der Waals surface area contributed by atoms with Gasteiger partial charge in [-0.05, 0) is 44.0 Å². The minimum atomic E-state index is -0.280. The predicted octanol–water partition coefficient (Wildman–Crippen LogP) is 3.94. The van der Waals surface area contributed by atoms with Crippen molar-refractivity contribution in [2.45, 2.75) is 25.7 Å². The molecule has 0 radical (unpaired) electrons. The zero-order chi connectivity index (χ0) is 18.8. The lowest BCUT2D eigenvalue weighted by Crippen LogP contribution is -2.39. The number of piperidine rings is 1. The molecule has 0 spiro atoms. The molecule has 1 aliphatic rings. The van der Waals surface area contributed by atoms with Crippen LogP contribution in [0.1, 0.15) is 40.5 Å². The number of H-pyrrole nitrogens is 1. The van der Waals surface area contributed by atoms with Gasteiger partial charge in [-0.3, -0.25) is 14.9 Å². The first kappa shape index (κ1) is 17.4. The molecule has 3 heterocycles. The minimum Gasteiger partial charge on any atom is -0.338 e. The number of benzene rings is 1. The van der Waals surface area contributed by atoms with Gasteiger partial charge in [-0.1, -0.05) is 18.2 Å². The first-order valence-electron chi connectivity index (χ1n) is 9.14. The number of nitrogens with zero attached hydrogens (tertiary/aromatic N) is 3. The first-order valence-corrected chi connectivity index (χ1v) is 9.14. The molecular weight excluding hydrogens is 343 g/mol. The molecule has 5 nitrogen and oxygen atoms in total. The van der Waals surface area contributed by atoms with Gasteiger partial charge in [0, 0.05) is 36.0 Å². The van der Waals surface area contributed by atoms with Crippen molar-refractivity contribution in [1.82, 2.24) is 20.1 Å². The molecule has 2 aromatic heterocycles. The van der Waals surface area contributed by atoms with Gasteiger partial charge in [0.15, 0.2) is 0 Å². The fourth-order valence-corrected chi connectivity index (χ4v) is 3.64. The number of likely N-dealkylation sites (tertiary alicyclic amines) is 1. The molecule has 1 N–H and O–H groups in total. The van der Waals surface area contributed by atoms with E-state index in [4.69, 9.17) is 4.98 Å². The van der Waals surface area contributed by atoms with Gasteiger partial charge < -0.3 is 4.90 Å². The number of nitrogens with one attached hydrogen (secondary N) is 1. The van der Waals surface area contributed by atoms with E-state index in [0.717, 1.165) is 30.8 Å². The SMILES string of the molecule is Cc1[nH]ncc1C(=O)N1CCC[C@H](c2cccc(-c3ccccc3F)n2)C1. The van der Waals surface area contributed by atoms with Crippen molar-refractivity contribution < 1.29 is 9.18 Å². The number of hydrogen-bond acceptors (Lipinski definition) is 3. The Morgan fingerprint density at radius 1 is 1.22 bits per heavy atom. The zero-order valence-electron chi connectivity index (χ0n) is 15.2. The van der Waals surface area contributed by atoms with Gasteiger partial charge in [-0.15, -0.1) is 0 Å². The second-order valence-corrected chi connectivity index (χ2v) is 6.93. The number of amides is 1. The molecule has 4 rings (SSSR count). The normalized spacial score (nSPS) is 17.1. The van der Waals surface area contributed by atoms with Crippen LogP contribution in [0.4, 0.5) is 4.39 Å². The molecule has 138 valence electrons. The van der Waals surface area contributed by atoms with E-state index in [0.29, 0.717) is 23.4 Å². The van der Waals surface area contributed by atoms with Crippen molar-refractivity contribution in [3.8, 4) is 11.3 Å². The molecule has 0 unspecified atom stereocenters. The summed E-state index contributed by atoms with van der Waals surface area (Å²) in [5.41, 5.74) is 3.42. The van der Waals surface area contributed by atoms with Gasteiger partial charge in [-0.25, -0.2) is 4.39 Å². The van der Waals surface area contributed by atoms with E-state index in [9.17, 15) is 9.18 Å². The van der Waals surface area contributed by atoms with Crippen LogP contribution in [-0.4, -0.2) is 39.1 Å². The summed E-state index contributed by atoms with van der Waals surface area (Å²) in [6, 6.07) is 12.4. The van der Waals surface area contributed by atoms with E-state index < -0.39 is 0 Å². The molecule has 1 fully saturated rings. The number of halogens is 1. The molecule has 1 amide bonds. The van der Waals surface area contributed by atoms with E-state index in [-0.39, 0.29) is 17.6 Å². The molecule has 6 heteroatoms. The second kappa shape index (κ2) is 7.31. The van der Waals surface area contributed by atoms with E-state index in [1.54, 1.807) is 24.4 Å². The molecule has 0 bridgehead atoms. The number of rotatable bonds is 3. The highest BCUT2D eigenvalue weighted by atomic mass is 19.1. The minimum absolute atomic E-state index is 0.00351. The molecule has 27 heavy (non-hydrogen) atoms. The third-order valence-electron chi connectivity index (χ3n) is 5.11. The van der Waals surface area contributed by atoms with Gasteiger partial charge in [0.2, 0.25) is 0 Å². The highest BCUT2D eigenvalue weighted by molar-refractivity contribution is 5.95. The number of aryl methyl sites for hydroxylation is 1. The molecule has 1 aliphatic heterocycles. The summed E-state index contributed by atoms with van der Waals surface area (Å²) < 4.78 is 14.1. The molecule has 0 aliphatic carbocycles. The van der Waals surface area contributed by atoms with Crippen LogP contribution in [-0.2, 0) is 0 Å². The van der Waals surface area contributed by atoms with Crippen molar-refractivity contribution in [1.29, 1.82) is 0 Å². The third-order valence-corrected chi connectivity index (χ3v) is 5.11. The third kappa shape index (κ3) is 3.47. The standard InChI is InChI=1S/C21H21FN4O/c1-14-17(12-23-25-14)21(27)26-11-5-6-15(13-26)19-9-4-10-20(24-19)16-7-2-3-8-18(16)22/h2-4,7-10,12,15H,5-6,11,13H2,1H3,(H,23,25)/t15-/m0/s1. The summed E-state index contributed by atoms with van der Waals surface area (Å²) in [5.74, 6) is -0.143. The van der Waals surface area contributed by atoms with Crippen LogP contribution in [0.2, 0.25) is 0 Å². The van der Waals surface area contributed by atoms with Gasteiger partial charge in [0.25, 0.3) is 5.91 Å². The highest BCUT2D eigenvalue weighted by Gasteiger charge is 2.27. The summed E-state index contributed by atoms with van der Waals surface area (Å²) >= 11 is 0. The maximum atomic E-state index is 14.1. The largest absolute Gasteiger partial charge is 0.338 e. The molecule has 3 aromatic rings. The Hall–Kier alpha value is -3.02. The molecule has 1 saturated heterocycles. The van der Waals surface area contributed by atoms with Crippen LogP contribution in [0.3, 0.4) is 0 Å². The topological polar surface area (TPSA) is 61.9 Å². The number of pyridine rings is 1. The van der Waals surface area contributed by atoms with E-state index >= 15 is 0 Å². The van der Waals surface area contributed by atoms with Crippen LogP contribution in [0.15, 0.2) is 48.7 Å². The van der Waals surface area contributed by atoms with Crippen molar-refractivity contribution in [2.75, 3.05) is 13.1 Å². The fourth-order valence-electron chi connectivity index (χ4n) is 3.64. The average molecular weight is 364 g/mol. The summed E-state index contributed by atoms with van der Waals surface area (Å²) in [7, 11) is 0. The summed E-state index contributed by atoms with van der Waals surface area (Å²) in [5, 5.41) is 6.76. The van der Waals surface area contributed by atoms with E-state index in [1.165, 1.54) is 6.07 Å². The number of aromatic nitrogens is 3. The van der Waals surface area contributed by atoms with Crippen molar-refractivity contribution >= 4 is 5.91 Å². The highest BCUT2D eigenvalue weighted by Crippen LogP contribution is 2.29. The number of carbonyl (C=O) groups excluding carboxylic acids is 1. The molecular formula is C21H21FN4O. The monoisotopic (exact) mass is 364 g/mol. The summed E-state index contributed by atoms with van der Waals surface area (Å²) in [4.78, 5) is 19.4. The zero-order valence-corrected chi connectivity index (χ0v) is 15.2. The van der Waals surface area contributed by atoms with Gasteiger partial charge in [0.1, 0.15) is 5.82 Å². The second-order valence-electron chi connectivity index (χ2n) is 6.93.